The van der Waals surface area contributed by atoms with Crippen LogP contribution in [-0.4, -0.2) is 11.1 Å². The summed E-state index contributed by atoms with van der Waals surface area (Å²) in [6.45, 7) is 6.66. The predicted molar refractivity (Wildman–Crippen MR) is 81.4 cm³/mol. The topological polar surface area (TPSA) is 34.2 Å². The molecule has 5 heteroatoms. The molecule has 0 bridgehead atoms. The molecule has 0 aliphatic rings. The largest absolute Gasteiger partial charge is 0.489 e. The average Bonchev–Trinajstić information content (AvgIpc) is 2.75. The van der Waals surface area contributed by atoms with Crippen molar-refractivity contribution in [3.63, 3.8) is 0 Å². The maximum atomic E-state index is 6.18. The second-order valence-corrected chi connectivity index (χ2v) is 5.99. The number of hydrogen-bond donors (Lipinski definition) is 1. The van der Waals surface area contributed by atoms with E-state index in [9.17, 15) is 0 Å². The fourth-order valence-corrected chi connectivity index (χ4v) is 2.48. The molecule has 0 radical (unpaired) electrons. The zero-order valence-electron chi connectivity index (χ0n) is 11.2. The van der Waals surface area contributed by atoms with Crippen molar-refractivity contribution in [1.82, 2.24) is 4.98 Å². The molecule has 102 valence electrons. The van der Waals surface area contributed by atoms with E-state index in [0.717, 1.165) is 16.4 Å². The Labute approximate surface area is 122 Å². The Morgan fingerprint density at radius 2 is 2.21 bits per heavy atom. The molecule has 2 aromatic rings. The summed E-state index contributed by atoms with van der Waals surface area (Å²) in [4.78, 5) is 4.40. The third kappa shape index (κ3) is 4.11. The summed E-state index contributed by atoms with van der Waals surface area (Å²) in [7, 11) is 0. The van der Waals surface area contributed by atoms with Gasteiger partial charge in [0.15, 0.2) is 0 Å². The highest BCUT2D eigenvalue weighted by atomic mass is 35.5. The molecule has 1 aromatic carbocycles. The summed E-state index contributed by atoms with van der Waals surface area (Å²) >= 11 is 7.84. The third-order valence-corrected chi connectivity index (χ3v) is 3.55. The monoisotopic (exact) mass is 296 g/mol. The number of rotatable bonds is 5. The fraction of sp³-hybridized carbons (Fsp3) is 0.357. The van der Waals surface area contributed by atoms with Crippen LogP contribution in [0.25, 0.3) is 0 Å². The van der Waals surface area contributed by atoms with Crippen LogP contribution in [0, 0.1) is 6.92 Å². The van der Waals surface area contributed by atoms with Crippen LogP contribution in [0.15, 0.2) is 23.6 Å². The number of thiazole rings is 1. The van der Waals surface area contributed by atoms with Crippen LogP contribution in [0.3, 0.4) is 0 Å². The summed E-state index contributed by atoms with van der Waals surface area (Å²) in [5.74, 6) is 0.715. The van der Waals surface area contributed by atoms with Crippen molar-refractivity contribution >= 4 is 28.6 Å². The molecule has 2 rings (SSSR count). The molecule has 0 saturated heterocycles. The van der Waals surface area contributed by atoms with Gasteiger partial charge < -0.3 is 10.1 Å². The Bertz CT molecular complexity index is 554. The van der Waals surface area contributed by atoms with E-state index in [-0.39, 0.29) is 6.10 Å². The van der Waals surface area contributed by atoms with Gasteiger partial charge in [0.25, 0.3) is 0 Å². The first kappa shape index (κ1) is 14.2. The van der Waals surface area contributed by atoms with Crippen molar-refractivity contribution in [2.75, 3.05) is 5.32 Å². The summed E-state index contributed by atoms with van der Waals surface area (Å²) in [6, 6.07) is 5.72. The quantitative estimate of drug-likeness (QED) is 0.882. The Morgan fingerprint density at radius 3 is 2.79 bits per heavy atom. The van der Waals surface area contributed by atoms with Crippen molar-refractivity contribution in [1.29, 1.82) is 0 Å². The smallest absolute Gasteiger partial charge is 0.138 e. The molecule has 0 fully saturated rings. The number of aromatic nitrogens is 1. The molecular formula is C14H17ClN2OS. The first-order valence-electron chi connectivity index (χ1n) is 6.15. The Hall–Kier alpha value is -1.26. The molecule has 0 saturated carbocycles. The van der Waals surface area contributed by atoms with Gasteiger partial charge in [-0.25, -0.2) is 4.98 Å². The predicted octanol–water partition coefficient (Wildman–Crippen LogP) is 4.50. The molecular weight excluding hydrogens is 280 g/mol. The lowest BCUT2D eigenvalue weighted by atomic mass is 10.3. The van der Waals surface area contributed by atoms with Gasteiger partial charge in [-0.2, -0.15) is 0 Å². The molecule has 0 aliphatic heterocycles. The number of hydrogen-bond acceptors (Lipinski definition) is 4. The van der Waals surface area contributed by atoms with Gasteiger partial charge in [-0.05, 0) is 39.0 Å². The highest BCUT2D eigenvalue weighted by Gasteiger charge is 2.05. The fourth-order valence-electron chi connectivity index (χ4n) is 1.64. The van der Waals surface area contributed by atoms with Crippen molar-refractivity contribution in [2.45, 2.75) is 33.4 Å². The van der Waals surface area contributed by atoms with Crippen molar-refractivity contribution in [3.05, 3.63) is 39.3 Å². The Morgan fingerprint density at radius 1 is 1.42 bits per heavy atom. The summed E-state index contributed by atoms with van der Waals surface area (Å²) in [6.07, 6.45) is 0.120. The van der Waals surface area contributed by atoms with Crippen LogP contribution in [0.1, 0.15) is 24.5 Å². The van der Waals surface area contributed by atoms with Crippen LogP contribution in [-0.2, 0) is 6.54 Å². The number of aryl methyl sites for hydroxylation is 1. The zero-order chi connectivity index (χ0) is 13.8. The van der Waals surface area contributed by atoms with E-state index < -0.39 is 0 Å². The van der Waals surface area contributed by atoms with E-state index in [2.05, 4.69) is 15.7 Å². The second kappa shape index (κ2) is 6.26. The Balaban J connectivity index is 1.99. The van der Waals surface area contributed by atoms with Crippen LogP contribution >= 0.6 is 22.9 Å². The van der Waals surface area contributed by atoms with E-state index >= 15 is 0 Å². The van der Waals surface area contributed by atoms with E-state index in [0.29, 0.717) is 17.3 Å². The molecule has 1 N–H and O–H groups in total. The number of ether oxygens (including phenoxy) is 1. The highest BCUT2D eigenvalue weighted by molar-refractivity contribution is 7.09. The van der Waals surface area contributed by atoms with Gasteiger partial charge in [-0.1, -0.05) is 11.6 Å². The number of nitrogens with zero attached hydrogens (tertiary/aromatic N) is 1. The zero-order valence-corrected chi connectivity index (χ0v) is 12.8. The van der Waals surface area contributed by atoms with Crippen molar-refractivity contribution < 1.29 is 4.74 Å². The maximum absolute atomic E-state index is 6.18. The Kier molecular flexibility index (Phi) is 4.66. The highest BCUT2D eigenvalue weighted by Crippen LogP contribution is 2.28. The van der Waals surface area contributed by atoms with Gasteiger partial charge in [-0.15, -0.1) is 11.3 Å². The second-order valence-electron chi connectivity index (χ2n) is 4.52. The van der Waals surface area contributed by atoms with Crippen LogP contribution in [0.2, 0.25) is 5.02 Å². The van der Waals surface area contributed by atoms with E-state index in [4.69, 9.17) is 16.3 Å². The van der Waals surface area contributed by atoms with E-state index in [1.165, 1.54) is 0 Å². The number of benzene rings is 1. The molecule has 1 aromatic heterocycles. The van der Waals surface area contributed by atoms with E-state index in [1.54, 1.807) is 11.3 Å². The first-order chi connectivity index (χ1) is 9.04. The van der Waals surface area contributed by atoms with Crippen LogP contribution in [0.4, 0.5) is 5.69 Å². The van der Waals surface area contributed by atoms with Crippen LogP contribution in [0.5, 0.6) is 5.75 Å². The van der Waals surface area contributed by atoms with E-state index in [1.807, 2.05) is 39.0 Å². The number of anilines is 1. The third-order valence-electron chi connectivity index (χ3n) is 2.43. The lowest BCUT2D eigenvalue weighted by molar-refractivity contribution is 0.242. The minimum absolute atomic E-state index is 0.120. The molecule has 0 atom stereocenters. The lowest BCUT2D eigenvalue weighted by Gasteiger charge is -2.12. The lowest BCUT2D eigenvalue weighted by Crippen LogP contribution is -2.06. The molecule has 3 nitrogen and oxygen atoms in total. The minimum atomic E-state index is 0.120. The van der Waals surface area contributed by atoms with Gasteiger partial charge >= 0.3 is 0 Å². The normalized spacial score (nSPS) is 10.8. The molecule has 1 heterocycles. The summed E-state index contributed by atoms with van der Waals surface area (Å²) in [5, 5.41) is 7.05. The van der Waals surface area contributed by atoms with Crippen molar-refractivity contribution in [3.8, 4) is 5.75 Å². The first-order valence-corrected chi connectivity index (χ1v) is 7.41. The van der Waals surface area contributed by atoms with Gasteiger partial charge in [0, 0.05) is 11.1 Å². The number of nitrogens with one attached hydrogen (secondary N) is 1. The van der Waals surface area contributed by atoms with Gasteiger partial charge in [0.05, 0.1) is 28.4 Å². The van der Waals surface area contributed by atoms with Crippen molar-refractivity contribution in [2.24, 2.45) is 0 Å². The minimum Gasteiger partial charge on any atom is -0.489 e. The molecule has 19 heavy (non-hydrogen) atoms. The SMILES string of the molecule is Cc1nc(CNc2ccc(OC(C)C)c(Cl)c2)cs1. The number of halogens is 1. The summed E-state index contributed by atoms with van der Waals surface area (Å²) < 4.78 is 5.60. The average molecular weight is 297 g/mol. The molecule has 0 spiro atoms. The van der Waals surface area contributed by atoms with Crippen LogP contribution < -0.4 is 10.1 Å². The maximum Gasteiger partial charge on any atom is 0.138 e. The molecule has 0 aliphatic carbocycles. The molecule has 0 unspecified atom stereocenters. The van der Waals surface area contributed by atoms with Gasteiger partial charge in [-0.3, -0.25) is 0 Å². The standard InChI is InChI=1S/C14H17ClN2OS/c1-9(2)18-14-5-4-11(6-13(14)15)16-7-12-8-19-10(3)17-12/h4-6,8-9,16H,7H2,1-3H3. The molecule has 0 amide bonds. The van der Waals surface area contributed by atoms with Gasteiger partial charge in [0.2, 0.25) is 0 Å². The van der Waals surface area contributed by atoms with Gasteiger partial charge in [0.1, 0.15) is 5.75 Å². The summed E-state index contributed by atoms with van der Waals surface area (Å²) in [5.41, 5.74) is 2.01.